The molecule has 0 saturated carbocycles. The zero-order valence-electron chi connectivity index (χ0n) is 9.70. The Morgan fingerprint density at radius 1 is 1.53 bits per heavy atom. The Bertz CT molecular complexity index is 382. The quantitative estimate of drug-likeness (QED) is 0.816. The molecule has 1 rings (SSSR count). The van der Waals surface area contributed by atoms with Crippen LogP contribution in [0.3, 0.4) is 0 Å². The maximum absolute atomic E-state index is 11.3. The summed E-state index contributed by atoms with van der Waals surface area (Å²) in [6.07, 6.45) is 0.815. The van der Waals surface area contributed by atoms with E-state index in [2.05, 4.69) is 5.32 Å². The van der Waals surface area contributed by atoms with Crippen LogP contribution in [0.4, 0.5) is 0 Å². The van der Waals surface area contributed by atoms with Crippen LogP contribution in [-0.2, 0) is 11.3 Å². The van der Waals surface area contributed by atoms with Gasteiger partial charge >= 0.3 is 0 Å². The van der Waals surface area contributed by atoms with Crippen LogP contribution in [0.15, 0.2) is 18.2 Å². The van der Waals surface area contributed by atoms with E-state index in [0.717, 1.165) is 5.56 Å². The molecule has 5 heteroatoms. The van der Waals surface area contributed by atoms with E-state index in [1.807, 2.05) is 6.07 Å². The lowest BCUT2D eigenvalue weighted by molar-refractivity contribution is -0.121. The summed E-state index contributed by atoms with van der Waals surface area (Å²) in [4.78, 5) is 11.3. The Hall–Kier alpha value is -1.26. The number of methoxy groups -OCH3 is 1. The number of ether oxygens (including phenoxy) is 1. The third-order valence-electron chi connectivity index (χ3n) is 2.27. The van der Waals surface area contributed by atoms with Gasteiger partial charge in [-0.15, -0.1) is 0 Å². The Labute approximate surface area is 106 Å². The Balaban J connectivity index is 2.47. The maximum atomic E-state index is 11.3. The minimum Gasteiger partial charge on any atom is -0.495 e. The van der Waals surface area contributed by atoms with Crippen molar-refractivity contribution in [1.82, 2.24) is 5.32 Å². The number of rotatable bonds is 6. The molecular weight excluding hydrogens is 242 g/mol. The number of hydrogen-bond donors (Lipinski definition) is 2. The molecule has 0 saturated heterocycles. The average Bonchev–Trinajstić information content (AvgIpc) is 2.34. The zero-order chi connectivity index (χ0) is 12.7. The summed E-state index contributed by atoms with van der Waals surface area (Å²) in [6.45, 7) is 0.454. The molecule has 0 aliphatic rings. The molecule has 0 fully saturated rings. The van der Waals surface area contributed by atoms with Crippen LogP contribution in [0.2, 0.25) is 5.02 Å². The number of benzene rings is 1. The van der Waals surface area contributed by atoms with E-state index in [0.29, 0.717) is 30.2 Å². The molecule has 0 heterocycles. The maximum Gasteiger partial charge on any atom is 0.220 e. The summed E-state index contributed by atoms with van der Waals surface area (Å²) in [6, 6.07) is 5.36. The minimum atomic E-state index is -0.0778. The molecule has 4 nitrogen and oxygen atoms in total. The smallest absolute Gasteiger partial charge is 0.220 e. The van der Waals surface area contributed by atoms with Gasteiger partial charge in [0, 0.05) is 19.6 Å². The van der Waals surface area contributed by atoms with Gasteiger partial charge in [-0.3, -0.25) is 4.79 Å². The zero-order valence-corrected chi connectivity index (χ0v) is 10.5. The summed E-state index contributed by atoms with van der Waals surface area (Å²) in [5, 5.41) is 11.9. The highest BCUT2D eigenvalue weighted by molar-refractivity contribution is 6.32. The molecule has 2 N–H and O–H groups in total. The Morgan fingerprint density at radius 2 is 2.29 bits per heavy atom. The normalized spacial score (nSPS) is 10.1. The van der Waals surface area contributed by atoms with Crippen molar-refractivity contribution in [3.05, 3.63) is 28.8 Å². The Morgan fingerprint density at radius 3 is 2.88 bits per heavy atom. The predicted molar refractivity (Wildman–Crippen MR) is 66.2 cm³/mol. The number of amides is 1. The van der Waals surface area contributed by atoms with Crippen molar-refractivity contribution < 1.29 is 14.6 Å². The van der Waals surface area contributed by atoms with Crippen molar-refractivity contribution in [2.45, 2.75) is 19.4 Å². The number of halogens is 1. The molecule has 0 spiro atoms. The molecule has 1 aromatic rings. The lowest BCUT2D eigenvalue weighted by Gasteiger charge is -2.07. The Kier molecular flexibility index (Phi) is 5.80. The second kappa shape index (κ2) is 7.14. The van der Waals surface area contributed by atoms with Gasteiger partial charge < -0.3 is 15.2 Å². The number of hydrogen-bond acceptors (Lipinski definition) is 3. The lowest BCUT2D eigenvalue weighted by Crippen LogP contribution is -2.22. The van der Waals surface area contributed by atoms with Crippen molar-refractivity contribution in [2.24, 2.45) is 0 Å². The van der Waals surface area contributed by atoms with E-state index >= 15 is 0 Å². The molecule has 0 atom stereocenters. The van der Waals surface area contributed by atoms with E-state index in [1.165, 1.54) is 0 Å². The van der Waals surface area contributed by atoms with E-state index in [-0.39, 0.29) is 12.5 Å². The summed E-state index contributed by atoms with van der Waals surface area (Å²) >= 11 is 5.96. The van der Waals surface area contributed by atoms with E-state index < -0.39 is 0 Å². The third-order valence-corrected chi connectivity index (χ3v) is 2.56. The first-order chi connectivity index (χ1) is 8.17. The van der Waals surface area contributed by atoms with Crippen LogP contribution in [0.1, 0.15) is 18.4 Å². The summed E-state index contributed by atoms with van der Waals surface area (Å²) in [5.41, 5.74) is 0.910. The van der Waals surface area contributed by atoms with Crippen LogP contribution < -0.4 is 10.1 Å². The fraction of sp³-hybridized carbons (Fsp3) is 0.417. The number of aliphatic hydroxyl groups excluding tert-OH is 1. The topological polar surface area (TPSA) is 58.6 Å². The highest BCUT2D eigenvalue weighted by Gasteiger charge is 2.04. The van der Waals surface area contributed by atoms with E-state index in [1.54, 1.807) is 19.2 Å². The standard InChI is InChI=1S/C12H16ClNO3/c1-17-11-5-4-9(7-10(11)13)8-14-12(16)3-2-6-15/h4-5,7,15H,2-3,6,8H2,1H3,(H,14,16). The average molecular weight is 258 g/mol. The van der Waals surface area contributed by atoms with E-state index in [9.17, 15) is 4.79 Å². The molecule has 94 valence electrons. The first-order valence-electron chi connectivity index (χ1n) is 5.37. The largest absolute Gasteiger partial charge is 0.495 e. The first-order valence-corrected chi connectivity index (χ1v) is 5.75. The van der Waals surface area contributed by atoms with Crippen molar-refractivity contribution in [1.29, 1.82) is 0 Å². The van der Waals surface area contributed by atoms with Crippen molar-refractivity contribution in [3.8, 4) is 5.75 Å². The SMILES string of the molecule is COc1ccc(CNC(=O)CCCO)cc1Cl. The number of nitrogens with one attached hydrogen (secondary N) is 1. The van der Waals surface area contributed by atoms with Gasteiger partial charge in [-0.05, 0) is 24.1 Å². The van der Waals surface area contributed by atoms with Gasteiger partial charge in [-0.1, -0.05) is 17.7 Å². The number of carbonyl (C=O) groups excluding carboxylic acids is 1. The summed E-state index contributed by atoms with van der Waals surface area (Å²) in [5.74, 6) is 0.535. The number of aliphatic hydroxyl groups is 1. The molecule has 0 aliphatic heterocycles. The van der Waals surface area contributed by atoms with Crippen molar-refractivity contribution in [3.63, 3.8) is 0 Å². The van der Waals surface area contributed by atoms with Crippen LogP contribution in [-0.4, -0.2) is 24.7 Å². The van der Waals surface area contributed by atoms with Gasteiger partial charge in [-0.25, -0.2) is 0 Å². The first kappa shape index (κ1) is 13.8. The highest BCUT2D eigenvalue weighted by Crippen LogP contribution is 2.24. The van der Waals surface area contributed by atoms with Gasteiger partial charge in [0.25, 0.3) is 0 Å². The highest BCUT2D eigenvalue weighted by atomic mass is 35.5. The molecule has 0 radical (unpaired) electrons. The van der Waals surface area contributed by atoms with Gasteiger partial charge in [0.2, 0.25) is 5.91 Å². The summed E-state index contributed by atoms with van der Waals surface area (Å²) < 4.78 is 5.03. The predicted octanol–water partition coefficient (Wildman–Crippen LogP) is 1.74. The molecule has 0 bridgehead atoms. The fourth-order valence-corrected chi connectivity index (χ4v) is 1.63. The summed E-state index contributed by atoms with van der Waals surface area (Å²) in [7, 11) is 1.55. The van der Waals surface area contributed by atoms with Crippen molar-refractivity contribution in [2.75, 3.05) is 13.7 Å². The monoisotopic (exact) mass is 257 g/mol. The molecule has 17 heavy (non-hydrogen) atoms. The number of carbonyl (C=O) groups is 1. The third kappa shape index (κ3) is 4.63. The fourth-order valence-electron chi connectivity index (χ4n) is 1.35. The second-order valence-corrected chi connectivity index (χ2v) is 3.98. The van der Waals surface area contributed by atoms with Gasteiger partial charge in [0.15, 0.2) is 0 Å². The van der Waals surface area contributed by atoms with Gasteiger partial charge in [0.1, 0.15) is 5.75 Å². The molecule has 0 aromatic heterocycles. The molecule has 0 unspecified atom stereocenters. The van der Waals surface area contributed by atoms with Crippen LogP contribution >= 0.6 is 11.6 Å². The van der Waals surface area contributed by atoms with Crippen molar-refractivity contribution >= 4 is 17.5 Å². The van der Waals surface area contributed by atoms with E-state index in [4.69, 9.17) is 21.4 Å². The van der Waals surface area contributed by atoms with Crippen LogP contribution in [0.25, 0.3) is 0 Å². The molecule has 0 aliphatic carbocycles. The van der Waals surface area contributed by atoms with Crippen LogP contribution in [0, 0.1) is 0 Å². The molecule has 1 amide bonds. The minimum absolute atomic E-state index is 0.0295. The molecular formula is C12H16ClNO3. The second-order valence-electron chi connectivity index (χ2n) is 3.57. The van der Waals surface area contributed by atoms with Crippen LogP contribution in [0.5, 0.6) is 5.75 Å². The lowest BCUT2D eigenvalue weighted by atomic mass is 10.2. The van der Waals surface area contributed by atoms with Gasteiger partial charge in [-0.2, -0.15) is 0 Å². The molecule has 1 aromatic carbocycles. The van der Waals surface area contributed by atoms with Gasteiger partial charge in [0.05, 0.1) is 12.1 Å².